The highest BCUT2D eigenvalue weighted by Crippen LogP contribution is 2.42. The molecule has 1 aromatic carbocycles. The van der Waals surface area contributed by atoms with E-state index in [-0.39, 0.29) is 41.0 Å². The quantitative estimate of drug-likeness (QED) is 0.349. The van der Waals surface area contributed by atoms with Crippen molar-refractivity contribution in [3.05, 3.63) is 58.6 Å². The first-order chi connectivity index (χ1) is 21.7. The number of benzene rings is 1. The molecule has 238 valence electrons. The van der Waals surface area contributed by atoms with Crippen molar-refractivity contribution in [1.29, 1.82) is 0 Å². The van der Waals surface area contributed by atoms with Crippen LogP contribution in [0.3, 0.4) is 0 Å². The summed E-state index contributed by atoms with van der Waals surface area (Å²) in [5.41, 5.74) is 1.11. The van der Waals surface area contributed by atoms with Crippen LogP contribution >= 0.6 is 22.9 Å². The van der Waals surface area contributed by atoms with E-state index in [1.807, 2.05) is 12.1 Å². The Morgan fingerprint density at radius 2 is 1.69 bits per heavy atom. The summed E-state index contributed by atoms with van der Waals surface area (Å²) in [6, 6.07) is 11.7. The van der Waals surface area contributed by atoms with Crippen LogP contribution in [0.4, 0.5) is 11.5 Å². The summed E-state index contributed by atoms with van der Waals surface area (Å²) in [6.07, 6.45) is 8.53. The van der Waals surface area contributed by atoms with E-state index >= 15 is 0 Å². The summed E-state index contributed by atoms with van der Waals surface area (Å²) in [4.78, 5) is 35.5. The number of fused-ring (bicyclic) bond motifs is 2. The number of rotatable bonds is 7. The highest BCUT2D eigenvalue weighted by atomic mass is 35.5. The number of piperazine rings is 1. The lowest BCUT2D eigenvalue weighted by molar-refractivity contribution is -0.121. The van der Waals surface area contributed by atoms with Gasteiger partial charge < -0.3 is 19.6 Å². The van der Waals surface area contributed by atoms with Crippen LogP contribution in [0, 0.1) is 5.92 Å². The number of hydrogen-bond donors (Lipinski definition) is 1. The molecule has 3 atom stereocenters. The average molecular weight is 671 g/mol. The lowest BCUT2D eigenvalue weighted by atomic mass is 9.82. The predicted molar refractivity (Wildman–Crippen MR) is 173 cm³/mol. The van der Waals surface area contributed by atoms with Crippen molar-refractivity contribution in [2.75, 3.05) is 36.0 Å². The van der Waals surface area contributed by atoms with Crippen molar-refractivity contribution >= 4 is 56.3 Å². The van der Waals surface area contributed by atoms with Crippen LogP contribution in [-0.2, 0) is 19.6 Å². The highest BCUT2D eigenvalue weighted by Gasteiger charge is 2.44. The Kier molecular flexibility index (Phi) is 8.36. The number of carboxylic acid groups (broad SMARTS) is 1. The third-order valence-electron chi connectivity index (χ3n) is 9.52. The van der Waals surface area contributed by atoms with E-state index in [2.05, 4.69) is 9.88 Å². The number of pyridine rings is 1. The summed E-state index contributed by atoms with van der Waals surface area (Å²) in [7, 11) is -4.04. The van der Waals surface area contributed by atoms with E-state index in [0.29, 0.717) is 21.4 Å². The predicted octanol–water partition coefficient (Wildman–Crippen LogP) is 5.52. The molecular formula is C32H35ClN4O6S2. The monoisotopic (exact) mass is 670 g/mol. The van der Waals surface area contributed by atoms with Crippen LogP contribution in [0.1, 0.15) is 54.6 Å². The molecule has 13 heteroatoms. The summed E-state index contributed by atoms with van der Waals surface area (Å²) < 4.78 is 35.1. The maximum Gasteiger partial charge on any atom is 0.348 e. The molecule has 4 aliphatic rings. The van der Waals surface area contributed by atoms with Gasteiger partial charge in [0.05, 0.1) is 30.5 Å². The number of aromatic nitrogens is 1. The van der Waals surface area contributed by atoms with Crippen LogP contribution in [0.25, 0.3) is 10.4 Å². The molecule has 4 fully saturated rings. The standard InChI is InChI=1S/C32H35ClN4O6S2/c33-22-8-6-21(7-9-22)28-14-26(31(44-28)32(39)40)37-27(20-4-2-1-3-5-20)18-36(19-30(37)38)45(41,42)25-12-13-29(34-15-25)35-16-23-10-11-24(17-35)43-23/h6-9,12-15,20,23-24,27H,1-5,10-11,16-19H2,(H,39,40)/t23?,24?,27-/m0/s1. The third-order valence-corrected chi connectivity index (χ3v) is 12.7. The first-order valence-electron chi connectivity index (χ1n) is 15.5. The van der Waals surface area contributed by atoms with Gasteiger partial charge in [-0.3, -0.25) is 4.79 Å². The number of thiophene rings is 1. The molecule has 1 amide bonds. The van der Waals surface area contributed by atoms with E-state index < -0.39 is 27.9 Å². The number of morpholine rings is 1. The Morgan fingerprint density at radius 1 is 0.978 bits per heavy atom. The Bertz CT molecular complexity index is 1680. The van der Waals surface area contributed by atoms with Crippen LogP contribution in [0.15, 0.2) is 53.6 Å². The maximum atomic E-state index is 14.0. The fourth-order valence-electron chi connectivity index (χ4n) is 7.27. The number of ether oxygens (including phenoxy) is 1. The first kappa shape index (κ1) is 30.6. The van der Waals surface area contributed by atoms with Gasteiger partial charge in [0, 0.05) is 35.7 Å². The van der Waals surface area contributed by atoms with Crippen molar-refractivity contribution in [2.24, 2.45) is 5.92 Å². The second-order valence-electron chi connectivity index (χ2n) is 12.4. The van der Waals surface area contributed by atoms with Crippen LogP contribution in [-0.4, -0.2) is 79.1 Å². The lowest BCUT2D eigenvalue weighted by Crippen LogP contribution is -2.60. The van der Waals surface area contributed by atoms with Gasteiger partial charge in [-0.25, -0.2) is 18.2 Å². The van der Waals surface area contributed by atoms with Crippen LogP contribution in [0.5, 0.6) is 0 Å². The number of halogens is 1. The smallest absolute Gasteiger partial charge is 0.348 e. The van der Waals surface area contributed by atoms with Crippen LogP contribution in [0.2, 0.25) is 5.02 Å². The number of anilines is 2. The number of aromatic carboxylic acids is 1. The zero-order chi connectivity index (χ0) is 31.3. The summed E-state index contributed by atoms with van der Waals surface area (Å²) in [5.74, 6) is -0.805. The van der Waals surface area contributed by atoms with Gasteiger partial charge in [-0.1, -0.05) is 43.0 Å². The minimum atomic E-state index is -4.04. The van der Waals surface area contributed by atoms with Gasteiger partial charge >= 0.3 is 5.97 Å². The fraction of sp³-hybridized carbons (Fsp3) is 0.469. The first-order valence-corrected chi connectivity index (χ1v) is 18.1. The lowest BCUT2D eigenvalue weighted by Gasteiger charge is -2.44. The number of carbonyl (C=O) groups excluding carboxylic acids is 1. The zero-order valence-corrected chi connectivity index (χ0v) is 27.1. The molecular weight excluding hydrogens is 636 g/mol. The number of nitrogens with zero attached hydrogens (tertiary/aromatic N) is 4. The zero-order valence-electron chi connectivity index (χ0n) is 24.7. The minimum Gasteiger partial charge on any atom is -0.477 e. The van der Waals surface area contributed by atoms with Crippen molar-refractivity contribution in [3.8, 4) is 10.4 Å². The Hall–Kier alpha value is -3.03. The molecule has 0 radical (unpaired) electrons. The average Bonchev–Trinajstić information content (AvgIpc) is 3.64. The fourth-order valence-corrected chi connectivity index (χ4v) is 9.75. The van der Waals surface area contributed by atoms with Gasteiger partial charge in [0.2, 0.25) is 15.9 Å². The Morgan fingerprint density at radius 3 is 2.33 bits per heavy atom. The van der Waals surface area contributed by atoms with Gasteiger partial charge in [0.15, 0.2) is 0 Å². The molecule has 2 aromatic heterocycles. The van der Waals surface area contributed by atoms with E-state index in [0.717, 1.165) is 74.9 Å². The Balaban J connectivity index is 1.19. The molecule has 5 heterocycles. The Labute approximate surface area is 271 Å². The van der Waals surface area contributed by atoms with Gasteiger partial charge in [0.1, 0.15) is 15.6 Å². The van der Waals surface area contributed by atoms with Crippen molar-refractivity contribution < 1.29 is 27.9 Å². The topological polar surface area (TPSA) is 120 Å². The second-order valence-corrected chi connectivity index (χ2v) is 15.8. The number of carboxylic acids is 1. The van der Waals surface area contributed by atoms with E-state index in [1.54, 1.807) is 35.2 Å². The van der Waals surface area contributed by atoms with Gasteiger partial charge in [0.25, 0.3) is 0 Å². The molecule has 3 aliphatic heterocycles. The maximum absolute atomic E-state index is 14.0. The molecule has 3 aromatic rings. The van der Waals surface area contributed by atoms with Crippen LogP contribution < -0.4 is 9.80 Å². The molecule has 1 N–H and O–H groups in total. The van der Waals surface area contributed by atoms with E-state index in [4.69, 9.17) is 16.3 Å². The molecule has 1 aliphatic carbocycles. The van der Waals surface area contributed by atoms with Crippen molar-refractivity contribution in [1.82, 2.24) is 9.29 Å². The molecule has 2 unspecified atom stereocenters. The minimum absolute atomic E-state index is 0.0397. The van der Waals surface area contributed by atoms with Crippen molar-refractivity contribution in [3.63, 3.8) is 0 Å². The van der Waals surface area contributed by atoms with E-state index in [9.17, 15) is 23.1 Å². The largest absolute Gasteiger partial charge is 0.477 e. The summed E-state index contributed by atoms with van der Waals surface area (Å²) in [6.45, 7) is 1.16. The molecule has 7 rings (SSSR count). The van der Waals surface area contributed by atoms with Gasteiger partial charge in [-0.2, -0.15) is 4.31 Å². The number of amides is 1. The molecule has 10 nitrogen and oxygen atoms in total. The molecule has 0 spiro atoms. The summed E-state index contributed by atoms with van der Waals surface area (Å²) >= 11 is 7.18. The number of sulfonamides is 1. The number of hydrogen-bond acceptors (Lipinski definition) is 8. The number of carbonyl (C=O) groups is 2. The SMILES string of the molecule is O=C(O)c1sc(-c2ccc(Cl)cc2)cc1N1C(=O)CN(S(=O)(=O)c2ccc(N3CC4CCC(C3)O4)nc2)C[C@H]1C1CCCCC1. The summed E-state index contributed by atoms with van der Waals surface area (Å²) in [5, 5.41) is 10.8. The normalized spacial score (nSPS) is 24.7. The molecule has 45 heavy (non-hydrogen) atoms. The van der Waals surface area contributed by atoms with Crippen molar-refractivity contribution in [2.45, 2.75) is 68.1 Å². The second kappa shape index (κ2) is 12.3. The highest BCUT2D eigenvalue weighted by molar-refractivity contribution is 7.89. The molecule has 3 saturated heterocycles. The molecule has 1 saturated carbocycles. The van der Waals surface area contributed by atoms with Gasteiger partial charge in [-0.15, -0.1) is 11.3 Å². The third kappa shape index (κ3) is 5.98. The van der Waals surface area contributed by atoms with E-state index in [1.165, 1.54) is 10.5 Å². The van der Waals surface area contributed by atoms with Gasteiger partial charge in [-0.05, 0) is 67.5 Å². The molecule has 2 bridgehead atoms.